The van der Waals surface area contributed by atoms with E-state index in [1.165, 1.54) is 77.2 Å². The lowest BCUT2D eigenvalue weighted by Gasteiger charge is -2.34. The molecule has 200 valence electrons. The van der Waals surface area contributed by atoms with Crippen LogP contribution in [0.25, 0.3) is 38.8 Å². The molecule has 0 amide bonds. The fourth-order valence-electron chi connectivity index (χ4n) is 8.07. The summed E-state index contributed by atoms with van der Waals surface area (Å²) in [7, 11) is 0. The molecule has 9 rings (SSSR count). The Labute approximate surface area is 247 Å². The van der Waals surface area contributed by atoms with Gasteiger partial charge in [0.25, 0.3) is 0 Å². The van der Waals surface area contributed by atoms with Crippen molar-refractivity contribution in [2.75, 3.05) is 0 Å². The van der Waals surface area contributed by atoms with Gasteiger partial charge in [0.1, 0.15) is 0 Å². The first-order valence-electron chi connectivity index (χ1n) is 15.5. The van der Waals surface area contributed by atoms with Gasteiger partial charge in [-0.25, -0.2) is 0 Å². The van der Waals surface area contributed by atoms with E-state index in [9.17, 15) is 0 Å². The van der Waals surface area contributed by atoms with Gasteiger partial charge in [-0.15, -0.1) is 0 Å². The van der Waals surface area contributed by atoms with Gasteiger partial charge in [-0.3, -0.25) is 0 Å². The predicted molar refractivity (Wildman–Crippen MR) is 179 cm³/mol. The van der Waals surface area contributed by atoms with Crippen molar-refractivity contribution in [3.05, 3.63) is 172 Å². The van der Waals surface area contributed by atoms with E-state index in [2.05, 4.69) is 134 Å². The third-order valence-electron chi connectivity index (χ3n) is 10.0. The maximum Gasteiger partial charge on any atom is 0.0133 e. The molecule has 0 aliphatic heterocycles. The number of fused-ring (bicyclic) bond motifs is 7. The molecule has 0 aromatic heterocycles. The van der Waals surface area contributed by atoms with Crippen LogP contribution in [0.5, 0.6) is 0 Å². The molecule has 0 saturated heterocycles. The average molecular weight is 537 g/mol. The lowest BCUT2D eigenvalue weighted by atomic mass is 9.69. The Bertz CT molecular complexity index is 2020. The fourth-order valence-corrected chi connectivity index (χ4v) is 8.07. The molecule has 2 unspecified atom stereocenters. The second kappa shape index (κ2) is 9.43. The van der Waals surface area contributed by atoms with Gasteiger partial charge in [0, 0.05) is 11.8 Å². The van der Waals surface area contributed by atoms with E-state index in [4.69, 9.17) is 0 Å². The van der Waals surface area contributed by atoms with Gasteiger partial charge in [-0.05, 0) is 103 Å². The maximum atomic E-state index is 2.54. The number of hydrogen-bond acceptors (Lipinski definition) is 0. The second-order valence-electron chi connectivity index (χ2n) is 12.3. The number of allylic oxidation sites excluding steroid dienone is 15. The maximum absolute atomic E-state index is 2.54. The first-order valence-corrected chi connectivity index (χ1v) is 15.5. The van der Waals surface area contributed by atoms with Crippen molar-refractivity contribution in [2.24, 2.45) is 11.8 Å². The van der Waals surface area contributed by atoms with Crippen LogP contribution in [0.15, 0.2) is 150 Å². The summed E-state index contributed by atoms with van der Waals surface area (Å²) >= 11 is 0. The van der Waals surface area contributed by atoms with E-state index >= 15 is 0 Å². The number of rotatable bonds is 2. The molecule has 0 nitrogen and oxygen atoms in total. The summed E-state index contributed by atoms with van der Waals surface area (Å²) in [6.45, 7) is 0. The van der Waals surface area contributed by atoms with Crippen LogP contribution in [-0.2, 0) is 6.42 Å². The lowest BCUT2D eigenvalue weighted by Crippen LogP contribution is -2.20. The molecule has 0 bridgehead atoms. The fraction of sp³-hybridized carbons (Fsp3) is 0.143. The van der Waals surface area contributed by atoms with Gasteiger partial charge in [0.2, 0.25) is 0 Å². The molecule has 2 atom stereocenters. The van der Waals surface area contributed by atoms with Crippen molar-refractivity contribution in [1.29, 1.82) is 0 Å². The molecule has 4 aromatic carbocycles. The van der Waals surface area contributed by atoms with E-state index in [-0.39, 0.29) is 0 Å². The van der Waals surface area contributed by atoms with Gasteiger partial charge in [-0.2, -0.15) is 0 Å². The van der Waals surface area contributed by atoms with Crippen LogP contribution in [0.1, 0.15) is 41.5 Å². The van der Waals surface area contributed by atoms with E-state index in [1.54, 1.807) is 0 Å². The summed E-state index contributed by atoms with van der Waals surface area (Å²) in [4.78, 5) is 0. The summed E-state index contributed by atoms with van der Waals surface area (Å²) in [5.41, 5.74) is 14.3. The topological polar surface area (TPSA) is 0 Å². The molecule has 4 aromatic rings. The molecule has 0 heterocycles. The third-order valence-corrected chi connectivity index (χ3v) is 10.0. The first-order chi connectivity index (χ1) is 20.8. The van der Waals surface area contributed by atoms with Crippen molar-refractivity contribution in [2.45, 2.75) is 25.7 Å². The molecule has 42 heavy (non-hydrogen) atoms. The highest BCUT2D eigenvalue weighted by Crippen LogP contribution is 2.49. The molecular weight excluding hydrogens is 504 g/mol. The Morgan fingerprint density at radius 1 is 0.667 bits per heavy atom. The minimum atomic E-state index is 0.440. The van der Waals surface area contributed by atoms with Crippen LogP contribution in [0.2, 0.25) is 0 Å². The molecule has 0 radical (unpaired) electrons. The minimum absolute atomic E-state index is 0.440. The zero-order chi connectivity index (χ0) is 27.6. The van der Waals surface area contributed by atoms with Crippen LogP contribution in [0.4, 0.5) is 0 Å². The molecule has 0 N–H and O–H groups in total. The Morgan fingerprint density at radius 3 is 2.21 bits per heavy atom. The van der Waals surface area contributed by atoms with E-state index in [0.29, 0.717) is 11.8 Å². The second-order valence-corrected chi connectivity index (χ2v) is 12.3. The highest BCUT2D eigenvalue weighted by Gasteiger charge is 2.32. The Balaban J connectivity index is 1.29. The van der Waals surface area contributed by atoms with Crippen LogP contribution >= 0.6 is 0 Å². The quantitative estimate of drug-likeness (QED) is 0.224. The van der Waals surface area contributed by atoms with Gasteiger partial charge >= 0.3 is 0 Å². The van der Waals surface area contributed by atoms with E-state index in [0.717, 1.165) is 25.7 Å². The van der Waals surface area contributed by atoms with Crippen molar-refractivity contribution in [3.8, 4) is 0 Å². The Hall–Kier alpha value is -4.68. The molecular formula is C42H32. The standard InChI is InChI=1S/C42H32/c1-2-11-28-25-32(21-20-27(28)10-1)41-36-14-5-7-16-38(36)42(39-17-8-6-15-37(39)41)35-19-9-18-33-34(35)23-22-31-24-29-12-3-4-13-30(29)26-40(31)33/h1-8,11-18,20-25,27,40H,9-10,19,26H2. The zero-order valence-electron chi connectivity index (χ0n) is 23.7. The minimum Gasteiger partial charge on any atom is -0.0836 e. The highest BCUT2D eigenvalue weighted by molar-refractivity contribution is 6.17. The molecule has 0 heteroatoms. The summed E-state index contributed by atoms with van der Waals surface area (Å²) in [5.74, 6) is 0.939. The summed E-state index contributed by atoms with van der Waals surface area (Å²) in [6.07, 6.45) is 28.1. The van der Waals surface area contributed by atoms with E-state index in [1.807, 2.05) is 0 Å². The van der Waals surface area contributed by atoms with Gasteiger partial charge in [-0.1, -0.05) is 134 Å². The molecule has 0 saturated carbocycles. The lowest BCUT2D eigenvalue weighted by molar-refractivity contribution is 0.708. The van der Waals surface area contributed by atoms with Gasteiger partial charge < -0.3 is 0 Å². The van der Waals surface area contributed by atoms with Crippen molar-refractivity contribution >= 4 is 38.8 Å². The third kappa shape index (κ3) is 3.61. The molecule has 5 aliphatic rings. The Kier molecular flexibility index (Phi) is 5.38. The van der Waals surface area contributed by atoms with Crippen LogP contribution in [-0.4, -0.2) is 0 Å². The molecule has 0 fully saturated rings. The monoisotopic (exact) mass is 536 g/mol. The van der Waals surface area contributed by atoms with Crippen LogP contribution in [0, 0.1) is 11.8 Å². The predicted octanol–water partition coefficient (Wildman–Crippen LogP) is 10.7. The SMILES string of the molecule is C1=CCC2C=CC(c3c4ccccc4c(C4=C5C=CC6=Cc7ccccc7CC6C5=CCC4)c4ccccc34)=CC2=C1. The largest absolute Gasteiger partial charge is 0.0836 e. The zero-order valence-corrected chi connectivity index (χ0v) is 23.7. The van der Waals surface area contributed by atoms with Gasteiger partial charge in [0.15, 0.2) is 0 Å². The first kappa shape index (κ1) is 24.0. The molecule has 0 spiro atoms. The summed E-state index contributed by atoms with van der Waals surface area (Å²) < 4.78 is 0. The molecule has 5 aliphatic carbocycles. The number of benzene rings is 4. The summed E-state index contributed by atoms with van der Waals surface area (Å²) in [5, 5.41) is 5.44. The highest BCUT2D eigenvalue weighted by atomic mass is 14.4. The smallest absolute Gasteiger partial charge is 0.0133 e. The number of hydrogen-bond donors (Lipinski definition) is 0. The van der Waals surface area contributed by atoms with E-state index < -0.39 is 0 Å². The van der Waals surface area contributed by atoms with Crippen LogP contribution in [0.3, 0.4) is 0 Å². The van der Waals surface area contributed by atoms with Crippen molar-refractivity contribution < 1.29 is 0 Å². The van der Waals surface area contributed by atoms with Crippen molar-refractivity contribution in [3.63, 3.8) is 0 Å². The van der Waals surface area contributed by atoms with Crippen LogP contribution < -0.4 is 0 Å². The normalized spacial score (nSPS) is 22.1. The Morgan fingerprint density at radius 2 is 1.40 bits per heavy atom. The van der Waals surface area contributed by atoms with Crippen molar-refractivity contribution in [1.82, 2.24) is 0 Å². The summed E-state index contributed by atoms with van der Waals surface area (Å²) in [6, 6.07) is 27.2. The average Bonchev–Trinajstić information content (AvgIpc) is 3.05. The van der Waals surface area contributed by atoms with Gasteiger partial charge in [0.05, 0.1) is 0 Å².